The number of amides is 1. The number of benzene rings is 2. The highest BCUT2D eigenvalue weighted by atomic mass is 32.2. The van der Waals surface area contributed by atoms with Crippen LogP contribution in [0.3, 0.4) is 0 Å². The molecule has 0 saturated carbocycles. The fraction of sp³-hybridized carbons (Fsp3) is 0.304. The van der Waals surface area contributed by atoms with Gasteiger partial charge in [0, 0.05) is 37.3 Å². The molecule has 0 spiro atoms. The Morgan fingerprint density at radius 3 is 2.45 bits per heavy atom. The molecular formula is C23H24FN3O3S. The maximum atomic E-state index is 13.9. The number of rotatable bonds is 2. The maximum absolute atomic E-state index is 13.9. The summed E-state index contributed by atoms with van der Waals surface area (Å²) in [5.41, 5.74) is 2.05. The van der Waals surface area contributed by atoms with Gasteiger partial charge in [0.05, 0.1) is 0 Å². The third-order valence-corrected chi connectivity index (χ3v) is 7.15. The first-order chi connectivity index (χ1) is 14.8. The standard InChI is InChI=1S/C23H24FN3O3S/c1-16-9-10-19(15-20(16)24)23(28)27-12-6-11-26(13-14-27)22-17(2)21(31(29,30)25-22)18-7-4-3-5-8-18/h3-5,7-10,15H,6,11-14H2,1-2H3. The van der Waals surface area contributed by atoms with E-state index < -0.39 is 15.8 Å². The van der Waals surface area contributed by atoms with Crippen molar-refractivity contribution in [2.45, 2.75) is 20.3 Å². The van der Waals surface area contributed by atoms with Gasteiger partial charge in [0.2, 0.25) is 0 Å². The van der Waals surface area contributed by atoms with Crippen LogP contribution in [0.2, 0.25) is 0 Å². The summed E-state index contributed by atoms with van der Waals surface area (Å²) in [4.78, 5) is 16.7. The van der Waals surface area contributed by atoms with Crippen molar-refractivity contribution in [1.29, 1.82) is 0 Å². The van der Waals surface area contributed by atoms with E-state index in [1.807, 2.05) is 11.0 Å². The van der Waals surface area contributed by atoms with E-state index in [9.17, 15) is 17.6 Å². The summed E-state index contributed by atoms with van der Waals surface area (Å²) in [7, 11) is -3.78. The van der Waals surface area contributed by atoms with E-state index >= 15 is 0 Å². The van der Waals surface area contributed by atoms with Gasteiger partial charge in [0.15, 0.2) is 0 Å². The molecule has 31 heavy (non-hydrogen) atoms. The van der Waals surface area contributed by atoms with Crippen molar-refractivity contribution < 1.29 is 17.6 Å². The second-order valence-corrected chi connectivity index (χ2v) is 9.35. The zero-order valence-electron chi connectivity index (χ0n) is 17.5. The Balaban J connectivity index is 1.54. The first-order valence-corrected chi connectivity index (χ1v) is 11.6. The average Bonchev–Trinajstić information content (AvgIpc) is 2.90. The molecule has 0 aliphatic carbocycles. The molecule has 0 unspecified atom stereocenters. The summed E-state index contributed by atoms with van der Waals surface area (Å²) in [5.74, 6) is -0.185. The van der Waals surface area contributed by atoms with Crippen LogP contribution in [0.4, 0.5) is 4.39 Å². The van der Waals surface area contributed by atoms with Gasteiger partial charge in [-0.05, 0) is 43.5 Å². The summed E-state index contributed by atoms with van der Waals surface area (Å²) >= 11 is 0. The first-order valence-electron chi connectivity index (χ1n) is 10.2. The lowest BCUT2D eigenvalue weighted by molar-refractivity contribution is 0.0763. The lowest BCUT2D eigenvalue weighted by atomic mass is 10.1. The third kappa shape index (κ3) is 4.12. The molecule has 0 radical (unpaired) electrons. The second kappa shape index (κ2) is 8.26. The number of hydrogen-bond donors (Lipinski definition) is 0. The van der Waals surface area contributed by atoms with Crippen LogP contribution < -0.4 is 0 Å². The SMILES string of the molecule is CC1=C(c2ccccc2)S(=O)(=O)N=C1N1CCCN(C(=O)c2ccc(C)c(F)c2)CC1. The smallest absolute Gasteiger partial charge is 0.285 e. The minimum Gasteiger partial charge on any atom is -0.354 e. The minimum atomic E-state index is -3.78. The van der Waals surface area contributed by atoms with Crippen LogP contribution in [0.25, 0.3) is 4.91 Å². The molecule has 0 N–H and O–H groups in total. The molecule has 1 fully saturated rings. The fourth-order valence-electron chi connectivity index (χ4n) is 4.01. The second-order valence-electron chi connectivity index (χ2n) is 7.81. The highest BCUT2D eigenvalue weighted by Crippen LogP contribution is 2.33. The Morgan fingerprint density at radius 2 is 1.74 bits per heavy atom. The Bertz CT molecular complexity index is 1190. The van der Waals surface area contributed by atoms with Crippen molar-refractivity contribution in [2.24, 2.45) is 4.40 Å². The molecule has 2 aliphatic rings. The van der Waals surface area contributed by atoms with E-state index in [-0.39, 0.29) is 10.8 Å². The Morgan fingerprint density at radius 1 is 1.00 bits per heavy atom. The zero-order chi connectivity index (χ0) is 22.2. The minimum absolute atomic E-state index is 0.223. The summed E-state index contributed by atoms with van der Waals surface area (Å²) in [6.45, 7) is 5.38. The average molecular weight is 442 g/mol. The lowest BCUT2D eigenvalue weighted by Crippen LogP contribution is -2.37. The van der Waals surface area contributed by atoms with Crippen LogP contribution in [-0.4, -0.2) is 56.1 Å². The summed E-state index contributed by atoms with van der Waals surface area (Å²) < 4.78 is 43.5. The van der Waals surface area contributed by atoms with Crippen molar-refractivity contribution in [3.63, 3.8) is 0 Å². The molecule has 2 heterocycles. The number of halogens is 1. The van der Waals surface area contributed by atoms with Crippen LogP contribution in [0.5, 0.6) is 0 Å². The van der Waals surface area contributed by atoms with Crippen LogP contribution in [0.1, 0.15) is 34.8 Å². The zero-order valence-corrected chi connectivity index (χ0v) is 18.3. The summed E-state index contributed by atoms with van der Waals surface area (Å²) in [5, 5.41) is 0. The van der Waals surface area contributed by atoms with Crippen LogP contribution in [0, 0.1) is 12.7 Å². The normalized spacial score (nSPS) is 18.7. The van der Waals surface area contributed by atoms with Crippen LogP contribution >= 0.6 is 0 Å². The van der Waals surface area contributed by atoms with Crippen molar-refractivity contribution in [3.8, 4) is 0 Å². The van der Waals surface area contributed by atoms with E-state index in [0.717, 1.165) is 0 Å². The van der Waals surface area contributed by atoms with Gasteiger partial charge in [0.25, 0.3) is 15.9 Å². The molecule has 1 saturated heterocycles. The number of carbonyl (C=O) groups is 1. The molecule has 0 atom stereocenters. The molecule has 4 rings (SSSR count). The highest BCUT2D eigenvalue weighted by Gasteiger charge is 2.34. The van der Waals surface area contributed by atoms with Crippen molar-refractivity contribution in [1.82, 2.24) is 9.80 Å². The Kier molecular flexibility index (Phi) is 5.66. The van der Waals surface area contributed by atoms with Gasteiger partial charge in [-0.25, -0.2) is 4.39 Å². The van der Waals surface area contributed by atoms with Crippen molar-refractivity contribution in [2.75, 3.05) is 26.2 Å². The van der Waals surface area contributed by atoms with E-state index in [2.05, 4.69) is 4.40 Å². The van der Waals surface area contributed by atoms with Crippen LogP contribution in [0.15, 0.2) is 58.5 Å². The molecule has 162 valence electrons. The van der Waals surface area contributed by atoms with Gasteiger partial charge in [-0.3, -0.25) is 4.79 Å². The quantitative estimate of drug-likeness (QED) is 0.716. The largest absolute Gasteiger partial charge is 0.354 e. The van der Waals surface area contributed by atoms with E-state index in [4.69, 9.17) is 0 Å². The number of hydrogen-bond acceptors (Lipinski definition) is 4. The molecular weight excluding hydrogens is 417 g/mol. The molecule has 0 aromatic heterocycles. The van der Waals surface area contributed by atoms with Gasteiger partial charge >= 0.3 is 0 Å². The molecule has 0 bridgehead atoms. The van der Waals surface area contributed by atoms with Crippen molar-refractivity contribution in [3.05, 3.63) is 76.6 Å². The number of amidine groups is 1. The van der Waals surface area contributed by atoms with Gasteiger partial charge in [0.1, 0.15) is 16.6 Å². The van der Waals surface area contributed by atoms with Gasteiger partial charge in [-0.15, -0.1) is 4.40 Å². The number of sulfonamides is 1. The lowest BCUT2D eigenvalue weighted by Gasteiger charge is -2.24. The van der Waals surface area contributed by atoms with E-state index in [0.29, 0.717) is 60.7 Å². The molecule has 6 nitrogen and oxygen atoms in total. The van der Waals surface area contributed by atoms with Crippen molar-refractivity contribution >= 4 is 26.7 Å². The van der Waals surface area contributed by atoms with E-state index in [1.54, 1.807) is 55.1 Å². The predicted octanol–water partition coefficient (Wildman–Crippen LogP) is 3.46. The van der Waals surface area contributed by atoms with Crippen LogP contribution in [-0.2, 0) is 10.0 Å². The maximum Gasteiger partial charge on any atom is 0.285 e. The van der Waals surface area contributed by atoms with E-state index in [1.165, 1.54) is 6.07 Å². The molecule has 2 aliphatic heterocycles. The fourth-order valence-corrected chi connectivity index (χ4v) is 5.50. The predicted molar refractivity (Wildman–Crippen MR) is 119 cm³/mol. The number of carbonyl (C=O) groups excluding carboxylic acids is 1. The first kappa shape index (κ1) is 21.2. The Labute approximate surface area is 181 Å². The van der Waals surface area contributed by atoms with Gasteiger partial charge in [-0.2, -0.15) is 8.42 Å². The summed E-state index contributed by atoms with van der Waals surface area (Å²) in [6.07, 6.45) is 0.660. The number of nitrogens with zero attached hydrogens (tertiary/aromatic N) is 3. The van der Waals surface area contributed by atoms with Gasteiger partial charge in [-0.1, -0.05) is 36.4 Å². The Hall–Kier alpha value is -3.00. The topological polar surface area (TPSA) is 70.1 Å². The summed E-state index contributed by atoms with van der Waals surface area (Å²) in [6, 6.07) is 13.5. The molecule has 2 aromatic carbocycles. The van der Waals surface area contributed by atoms with Gasteiger partial charge < -0.3 is 9.80 Å². The molecule has 2 aromatic rings. The molecule has 1 amide bonds. The third-order valence-electron chi connectivity index (χ3n) is 5.68. The highest BCUT2D eigenvalue weighted by molar-refractivity contribution is 8.00. The number of aryl methyl sites for hydroxylation is 1. The molecule has 8 heteroatoms. The monoisotopic (exact) mass is 441 g/mol.